The first-order valence-corrected chi connectivity index (χ1v) is 17.1. The van der Waals surface area contributed by atoms with Crippen LogP contribution in [0.1, 0.15) is 37.5 Å². The van der Waals surface area contributed by atoms with Crippen molar-refractivity contribution in [1.29, 1.82) is 0 Å². The van der Waals surface area contributed by atoms with Crippen molar-refractivity contribution in [2.45, 2.75) is 57.7 Å². The zero-order valence-corrected chi connectivity index (χ0v) is 28.6. The van der Waals surface area contributed by atoms with Gasteiger partial charge in [0, 0.05) is 56.9 Å². The quantitative estimate of drug-likeness (QED) is 0.221. The first kappa shape index (κ1) is 33.7. The standard InChI is InChI=1S/C36H42N4O6S/c1-25-10-9-13-31(26(25)2)39-20-22-40(23-21-39)34(41)32(38(6)35(42)45-36(3,4)5)24-27-14-16-29(17-15-27)46-47(43,44)33-30-12-8-7-11-28(30)18-19-37-33/h7-19,32H,20-24H2,1-6H3/t32-/m0/s1. The molecule has 0 aliphatic carbocycles. The molecule has 5 rings (SSSR count). The molecule has 2 amide bonds. The lowest BCUT2D eigenvalue weighted by molar-refractivity contribution is -0.136. The molecule has 0 N–H and O–H groups in total. The number of hydrogen-bond acceptors (Lipinski definition) is 8. The molecule has 11 heteroatoms. The molecule has 1 fully saturated rings. The summed E-state index contributed by atoms with van der Waals surface area (Å²) in [6.45, 7) is 11.9. The molecule has 4 aromatic rings. The largest absolute Gasteiger partial charge is 0.444 e. The minimum absolute atomic E-state index is 0.106. The maximum atomic E-state index is 14.0. The summed E-state index contributed by atoms with van der Waals surface area (Å²) in [5, 5.41) is 1.03. The van der Waals surface area contributed by atoms with Gasteiger partial charge in [-0.15, -0.1) is 0 Å². The van der Waals surface area contributed by atoms with Crippen molar-refractivity contribution >= 4 is 38.6 Å². The lowest BCUT2D eigenvalue weighted by Crippen LogP contribution is -2.56. The average Bonchev–Trinajstić information content (AvgIpc) is 3.04. The first-order chi connectivity index (χ1) is 22.2. The Labute approximate surface area is 277 Å². The van der Waals surface area contributed by atoms with E-state index in [1.165, 1.54) is 40.0 Å². The summed E-state index contributed by atoms with van der Waals surface area (Å²) in [6, 6.07) is 20.7. The Balaban J connectivity index is 1.32. The van der Waals surface area contributed by atoms with Gasteiger partial charge in [-0.1, -0.05) is 48.5 Å². The summed E-state index contributed by atoms with van der Waals surface area (Å²) < 4.78 is 37.4. The monoisotopic (exact) mass is 658 g/mol. The minimum atomic E-state index is -4.22. The number of benzene rings is 3. The van der Waals surface area contributed by atoms with Gasteiger partial charge in [0.05, 0.1) is 0 Å². The predicted octanol–water partition coefficient (Wildman–Crippen LogP) is 5.75. The third kappa shape index (κ3) is 7.85. The van der Waals surface area contributed by atoms with E-state index in [1.807, 2.05) is 18.2 Å². The second kappa shape index (κ2) is 13.6. The van der Waals surface area contributed by atoms with E-state index in [1.54, 1.807) is 63.1 Å². The predicted molar refractivity (Wildman–Crippen MR) is 182 cm³/mol. The zero-order valence-electron chi connectivity index (χ0n) is 27.8. The molecule has 0 saturated carbocycles. The molecule has 1 saturated heterocycles. The number of aryl methyl sites for hydroxylation is 1. The summed E-state index contributed by atoms with van der Waals surface area (Å²) in [7, 11) is -2.65. The Morgan fingerprint density at radius 2 is 1.60 bits per heavy atom. The Morgan fingerprint density at radius 1 is 0.915 bits per heavy atom. The van der Waals surface area contributed by atoms with E-state index in [0.717, 1.165) is 10.9 Å². The van der Waals surface area contributed by atoms with E-state index >= 15 is 0 Å². The summed E-state index contributed by atoms with van der Waals surface area (Å²) in [5.74, 6) is -0.0710. The molecule has 0 spiro atoms. The van der Waals surface area contributed by atoms with Crippen molar-refractivity contribution in [3.05, 3.63) is 95.7 Å². The van der Waals surface area contributed by atoms with Gasteiger partial charge in [0.15, 0.2) is 0 Å². The highest BCUT2D eigenvalue weighted by atomic mass is 32.2. The highest BCUT2D eigenvalue weighted by Crippen LogP contribution is 2.27. The normalized spacial score (nSPS) is 14.5. The van der Waals surface area contributed by atoms with Gasteiger partial charge in [-0.2, -0.15) is 8.42 Å². The number of piperazine rings is 1. The maximum absolute atomic E-state index is 14.0. The van der Waals surface area contributed by atoms with Crippen molar-refractivity contribution in [1.82, 2.24) is 14.8 Å². The van der Waals surface area contributed by atoms with E-state index < -0.39 is 27.9 Å². The molecule has 248 valence electrons. The van der Waals surface area contributed by atoms with Gasteiger partial charge in [-0.25, -0.2) is 9.78 Å². The van der Waals surface area contributed by atoms with Crippen LogP contribution in [0.3, 0.4) is 0 Å². The number of likely N-dealkylation sites (N-methyl/N-ethyl adjacent to an activating group) is 1. The number of amides is 2. The fourth-order valence-corrected chi connectivity index (χ4v) is 6.76. The fourth-order valence-electron chi connectivity index (χ4n) is 5.67. The number of carbonyl (C=O) groups is 2. The third-order valence-corrected chi connectivity index (χ3v) is 9.59. The summed E-state index contributed by atoms with van der Waals surface area (Å²) in [6.07, 6.45) is 1.03. The number of ether oxygens (including phenoxy) is 1. The lowest BCUT2D eigenvalue weighted by atomic mass is 10.0. The van der Waals surface area contributed by atoms with Crippen molar-refractivity contribution in [3.63, 3.8) is 0 Å². The molecule has 2 heterocycles. The molecule has 0 bridgehead atoms. The highest BCUT2D eigenvalue weighted by molar-refractivity contribution is 7.87. The maximum Gasteiger partial charge on any atom is 0.410 e. The summed E-state index contributed by atoms with van der Waals surface area (Å²) in [5.41, 5.74) is 3.60. The van der Waals surface area contributed by atoms with Crippen LogP contribution in [0, 0.1) is 13.8 Å². The van der Waals surface area contributed by atoms with E-state index in [4.69, 9.17) is 8.92 Å². The average molecular weight is 659 g/mol. The number of hydrogen-bond donors (Lipinski definition) is 0. The Bertz CT molecular complexity index is 1860. The van der Waals surface area contributed by atoms with Crippen LogP contribution in [0.5, 0.6) is 5.75 Å². The third-order valence-electron chi connectivity index (χ3n) is 8.37. The van der Waals surface area contributed by atoms with Crippen LogP contribution in [-0.4, -0.2) is 80.1 Å². The van der Waals surface area contributed by atoms with E-state index in [-0.39, 0.29) is 23.1 Å². The van der Waals surface area contributed by atoms with Crippen LogP contribution in [-0.2, 0) is 26.1 Å². The Kier molecular flexibility index (Phi) is 9.76. The van der Waals surface area contributed by atoms with Gasteiger partial charge in [0.25, 0.3) is 0 Å². The van der Waals surface area contributed by atoms with Crippen molar-refractivity contribution < 1.29 is 26.9 Å². The second-order valence-corrected chi connectivity index (χ2v) is 14.3. The first-order valence-electron chi connectivity index (χ1n) is 15.7. The van der Waals surface area contributed by atoms with E-state index in [2.05, 4.69) is 35.9 Å². The van der Waals surface area contributed by atoms with Crippen molar-refractivity contribution in [2.75, 3.05) is 38.1 Å². The SMILES string of the molecule is Cc1cccc(N2CCN(C(=O)[C@H](Cc3ccc(OS(=O)(=O)c4nccc5ccccc45)cc3)N(C)C(=O)OC(C)(C)C)CC2)c1C. The molecule has 1 atom stereocenters. The number of rotatable bonds is 8. The molecule has 1 aliphatic rings. The number of fused-ring (bicyclic) bond motifs is 1. The van der Waals surface area contributed by atoms with Gasteiger partial charge < -0.3 is 18.7 Å². The molecule has 1 aromatic heterocycles. The lowest BCUT2D eigenvalue weighted by Gasteiger charge is -2.40. The van der Waals surface area contributed by atoms with Crippen LogP contribution >= 0.6 is 0 Å². The minimum Gasteiger partial charge on any atom is -0.444 e. The fraction of sp³-hybridized carbons (Fsp3) is 0.361. The van der Waals surface area contributed by atoms with Crippen LogP contribution < -0.4 is 9.08 Å². The summed E-state index contributed by atoms with van der Waals surface area (Å²) in [4.78, 5) is 36.7. The van der Waals surface area contributed by atoms with Crippen molar-refractivity contribution in [3.8, 4) is 5.75 Å². The molecular weight excluding hydrogens is 616 g/mol. The Hall–Kier alpha value is -4.64. The number of pyridine rings is 1. The van der Waals surface area contributed by atoms with E-state index in [0.29, 0.717) is 31.6 Å². The number of aromatic nitrogens is 1. The molecule has 1 aliphatic heterocycles. The molecule has 0 unspecified atom stereocenters. The topological polar surface area (TPSA) is 109 Å². The number of carbonyl (C=O) groups excluding carboxylic acids is 2. The zero-order chi connectivity index (χ0) is 33.9. The van der Waals surface area contributed by atoms with Gasteiger partial charge in [-0.05, 0) is 81.0 Å². The van der Waals surface area contributed by atoms with Crippen LogP contribution in [0.25, 0.3) is 10.8 Å². The van der Waals surface area contributed by atoms with Crippen molar-refractivity contribution in [2.24, 2.45) is 0 Å². The Morgan fingerprint density at radius 3 is 2.28 bits per heavy atom. The molecule has 10 nitrogen and oxygen atoms in total. The van der Waals surface area contributed by atoms with Gasteiger partial charge in [0.2, 0.25) is 10.9 Å². The molecular formula is C36H42N4O6S. The van der Waals surface area contributed by atoms with Gasteiger partial charge in [-0.3, -0.25) is 9.69 Å². The van der Waals surface area contributed by atoms with Gasteiger partial charge in [0.1, 0.15) is 17.4 Å². The second-order valence-electron chi connectivity index (χ2n) is 12.9. The van der Waals surface area contributed by atoms with Crippen LogP contribution in [0.4, 0.5) is 10.5 Å². The van der Waals surface area contributed by atoms with Gasteiger partial charge >= 0.3 is 16.2 Å². The smallest absolute Gasteiger partial charge is 0.410 e. The van der Waals surface area contributed by atoms with Crippen LogP contribution in [0.15, 0.2) is 84.0 Å². The highest BCUT2D eigenvalue weighted by Gasteiger charge is 2.35. The van der Waals surface area contributed by atoms with E-state index in [9.17, 15) is 18.0 Å². The van der Waals surface area contributed by atoms with Crippen LogP contribution in [0.2, 0.25) is 0 Å². The molecule has 47 heavy (non-hydrogen) atoms. The number of nitrogens with zero attached hydrogens (tertiary/aromatic N) is 4. The molecule has 3 aromatic carbocycles. The number of anilines is 1. The summed E-state index contributed by atoms with van der Waals surface area (Å²) >= 11 is 0. The molecule has 0 radical (unpaired) electrons.